The van der Waals surface area contributed by atoms with Crippen LogP contribution in [0.5, 0.6) is 0 Å². The number of benzene rings is 1. The summed E-state index contributed by atoms with van der Waals surface area (Å²) >= 11 is 3.25. The van der Waals surface area contributed by atoms with Gasteiger partial charge in [-0.25, -0.2) is 0 Å². The Morgan fingerprint density at radius 2 is 2.06 bits per heavy atom. The number of hydrazone groups is 1. The van der Waals surface area contributed by atoms with Crippen molar-refractivity contribution >= 4 is 33.1 Å². The third kappa shape index (κ3) is 3.40. The summed E-state index contributed by atoms with van der Waals surface area (Å²) in [7, 11) is 0. The standard InChI is InChI=1S/C11H7BrN4O/c1-7(17)10-4-8(12)2-3-11(10)16-15-9(5-13)6-14/h2-4,16H,1H3. The fourth-order valence-electron chi connectivity index (χ4n) is 1.10. The molecule has 0 aliphatic carbocycles. The third-order valence-electron chi connectivity index (χ3n) is 1.86. The smallest absolute Gasteiger partial charge is 0.237 e. The average molecular weight is 291 g/mol. The van der Waals surface area contributed by atoms with Crippen LogP contribution in [0.1, 0.15) is 17.3 Å². The minimum Gasteiger partial charge on any atom is -0.294 e. The molecule has 0 aliphatic heterocycles. The van der Waals surface area contributed by atoms with E-state index in [4.69, 9.17) is 10.5 Å². The summed E-state index contributed by atoms with van der Waals surface area (Å²) in [5.41, 5.74) is 3.10. The van der Waals surface area contributed by atoms with Crippen LogP contribution in [0.2, 0.25) is 0 Å². The van der Waals surface area contributed by atoms with Gasteiger partial charge in [0.2, 0.25) is 5.71 Å². The van der Waals surface area contributed by atoms with E-state index in [1.165, 1.54) is 6.92 Å². The topological polar surface area (TPSA) is 89.0 Å². The molecule has 1 aromatic carbocycles. The number of nitrogens with zero attached hydrogens (tertiary/aromatic N) is 3. The molecule has 5 nitrogen and oxygen atoms in total. The van der Waals surface area contributed by atoms with Gasteiger partial charge in [0.05, 0.1) is 5.69 Å². The molecule has 0 heterocycles. The SMILES string of the molecule is CC(=O)c1cc(Br)ccc1NN=C(C#N)C#N. The zero-order valence-corrected chi connectivity index (χ0v) is 10.4. The van der Waals surface area contributed by atoms with Crippen LogP contribution in [0.3, 0.4) is 0 Å². The van der Waals surface area contributed by atoms with Crippen molar-refractivity contribution in [2.75, 3.05) is 5.43 Å². The van der Waals surface area contributed by atoms with Gasteiger partial charge in [0.15, 0.2) is 5.78 Å². The molecule has 84 valence electrons. The molecule has 0 fully saturated rings. The molecular formula is C11H7BrN4O. The maximum absolute atomic E-state index is 11.4. The second-order valence-electron chi connectivity index (χ2n) is 3.04. The summed E-state index contributed by atoms with van der Waals surface area (Å²) in [6.07, 6.45) is 0. The van der Waals surface area contributed by atoms with Crippen LogP contribution in [-0.4, -0.2) is 11.5 Å². The monoisotopic (exact) mass is 290 g/mol. The number of hydrogen-bond donors (Lipinski definition) is 1. The molecule has 1 aromatic rings. The van der Waals surface area contributed by atoms with Crippen molar-refractivity contribution in [1.29, 1.82) is 10.5 Å². The lowest BCUT2D eigenvalue weighted by Crippen LogP contribution is -2.02. The maximum Gasteiger partial charge on any atom is 0.237 e. The Bertz CT molecular complexity index is 550. The van der Waals surface area contributed by atoms with E-state index in [9.17, 15) is 4.79 Å². The first-order valence-corrected chi connectivity index (χ1v) is 5.32. The number of nitrogens with one attached hydrogen (secondary N) is 1. The molecule has 0 amide bonds. The fourth-order valence-corrected chi connectivity index (χ4v) is 1.46. The van der Waals surface area contributed by atoms with Crippen molar-refractivity contribution in [2.24, 2.45) is 5.10 Å². The largest absolute Gasteiger partial charge is 0.294 e. The molecular weight excluding hydrogens is 284 g/mol. The predicted molar refractivity (Wildman–Crippen MR) is 66.4 cm³/mol. The first kappa shape index (κ1) is 12.9. The second-order valence-corrected chi connectivity index (χ2v) is 3.96. The van der Waals surface area contributed by atoms with E-state index >= 15 is 0 Å². The average Bonchev–Trinajstić information content (AvgIpc) is 2.31. The van der Waals surface area contributed by atoms with Crippen molar-refractivity contribution < 1.29 is 4.79 Å². The molecule has 1 N–H and O–H groups in total. The molecule has 6 heteroatoms. The Hall–Kier alpha value is -2.18. The van der Waals surface area contributed by atoms with E-state index < -0.39 is 0 Å². The number of ketones is 1. The minimum absolute atomic E-state index is 0.139. The quantitative estimate of drug-likeness (QED) is 0.526. The minimum atomic E-state index is -0.303. The molecule has 1 rings (SSSR count). The summed E-state index contributed by atoms with van der Waals surface area (Å²) in [5, 5.41) is 20.6. The molecule has 0 saturated heterocycles. The number of anilines is 1. The summed E-state index contributed by atoms with van der Waals surface area (Å²) in [4.78, 5) is 11.4. The van der Waals surface area contributed by atoms with Crippen LogP contribution in [-0.2, 0) is 0 Å². The highest BCUT2D eigenvalue weighted by molar-refractivity contribution is 9.10. The fraction of sp³-hybridized carbons (Fsp3) is 0.0909. The molecule has 0 spiro atoms. The number of carbonyl (C=O) groups is 1. The Morgan fingerprint density at radius 1 is 1.41 bits per heavy atom. The Labute approximate surface area is 106 Å². The molecule has 17 heavy (non-hydrogen) atoms. The summed E-state index contributed by atoms with van der Waals surface area (Å²) < 4.78 is 0.762. The van der Waals surface area contributed by atoms with E-state index in [0.717, 1.165) is 4.47 Å². The summed E-state index contributed by atoms with van der Waals surface area (Å²) in [5.74, 6) is -0.139. The van der Waals surface area contributed by atoms with Gasteiger partial charge in [-0.3, -0.25) is 10.2 Å². The zero-order valence-electron chi connectivity index (χ0n) is 8.86. The van der Waals surface area contributed by atoms with Crippen molar-refractivity contribution in [3.63, 3.8) is 0 Å². The maximum atomic E-state index is 11.4. The Balaban J connectivity index is 3.09. The van der Waals surface area contributed by atoms with Crippen LogP contribution in [0.25, 0.3) is 0 Å². The van der Waals surface area contributed by atoms with Crippen molar-refractivity contribution in [3.05, 3.63) is 28.2 Å². The normalized spacial score (nSPS) is 8.71. The number of nitriles is 2. The molecule has 0 radical (unpaired) electrons. The zero-order chi connectivity index (χ0) is 12.8. The van der Waals surface area contributed by atoms with Gasteiger partial charge in [0.1, 0.15) is 12.1 Å². The number of rotatable bonds is 3. The van der Waals surface area contributed by atoms with Crippen LogP contribution >= 0.6 is 15.9 Å². The summed E-state index contributed by atoms with van der Waals surface area (Å²) in [6.45, 7) is 1.42. The highest BCUT2D eigenvalue weighted by atomic mass is 79.9. The van der Waals surface area contributed by atoms with E-state index in [0.29, 0.717) is 11.3 Å². The number of Topliss-reactive ketones (excluding diaryl/α,β-unsaturated/α-hetero) is 1. The van der Waals surface area contributed by atoms with Crippen molar-refractivity contribution in [2.45, 2.75) is 6.92 Å². The van der Waals surface area contributed by atoms with Gasteiger partial charge in [-0.2, -0.15) is 15.6 Å². The lowest BCUT2D eigenvalue weighted by Gasteiger charge is -2.06. The van der Waals surface area contributed by atoms with E-state index in [2.05, 4.69) is 26.5 Å². The third-order valence-corrected chi connectivity index (χ3v) is 2.35. The van der Waals surface area contributed by atoms with Gasteiger partial charge in [0, 0.05) is 10.0 Å². The van der Waals surface area contributed by atoms with Crippen LogP contribution in [0.15, 0.2) is 27.8 Å². The molecule has 0 bridgehead atoms. The second kappa shape index (κ2) is 5.78. The van der Waals surface area contributed by atoms with Gasteiger partial charge in [-0.1, -0.05) is 15.9 Å². The first-order chi connectivity index (χ1) is 8.08. The number of halogens is 1. The molecule has 0 aliphatic rings. The van der Waals surface area contributed by atoms with Crippen LogP contribution in [0.4, 0.5) is 5.69 Å². The lowest BCUT2D eigenvalue weighted by atomic mass is 10.1. The van der Waals surface area contributed by atoms with E-state index in [1.807, 2.05) is 0 Å². The lowest BCUT2D eigenvalue weighted by molar-refractivity contribution is 0.101. The number of hydrogen-bond acceptors (Lipinski definition) is 5. The van der Waals surface area contributed by atoms with Gasteiger partial charge in [-0.05, 0) is 25.1 Å². The van der Waals surface area contributed by atoms with Gasteiger partial charge < -0.3 is 0 Å². The highest BCUT2D eigenvalue weighted by Crippen LogP contribution is 2.21. The molecule has 0 atom stereocenters. The van der Waals surface area contributed by atoms with E-state index in [1.54, 1.807) is 30.3 Å². The van der Waals surface area contributed by atoms with Crippen LogP contribution in [0, 0.1) is 22.7 Å². The molecule has 0 saturated carbocycles. The number of carbonyl (C=O) groups excluding carboxylic acids is 1. The van der Waals surface area contributed by atoms with Crippen molar-refractivity contribution in [3.8, 4) is 12.1 Å². The van der Waals surface area contributed by atoms with E-state index in [-0.39, 0.29) is 11.5 Å². The van der Waals surface area contributed by atoms with Crippen LogP contribution < -0.4 is 5.43 Å². The molecule has 0 aromatic heterocycles. The van der Waals surface area contributed by atoms with Gasteiger partial charge in [0.25, 0.3) is 0 Å². The van der Waals surface area contributed by atoms with Crippen molar-refractivity contribution in [1.82, 2.24) is 0 Å². The van der Waals surface area contributed by atoms with Gasteiger partial charge >= 0.3 is 0 Å². The predicted octanol–water partition coefficient (Wildman–Crippen LogP) is 2.47. The summed E-state index contributed by atoms with van der Waals surface area (Å²) in [6, 6.07) is 8.23. The Morgan fingerprint density at radius 3 is 2.59 bits per heavy atom. The molecule has 0 unspecified atom stereocenters. The Kier molecular flexibility index (Phi) is 4.38. The van der Waals surface area contributed by atoms with Gasteiger partial charge in [-0.15, -0.1) is 0 Å². The first-order valence-electron chi connectivity index (χ1n) is 4.53. The highest BCUT2D eigenvalue weighted by Gasteiger charge is 2.07.